The van der Waals surface area contributed by atoms with Gasteiger partial charge in [0.25, 0.3) is 0 Å². The second-order valence-electron chi connectivity index (χ2n) is 10.6. The maximum absolute atomic E-state index is 9.22. The minimum absolute atomic E-state index is 0.662. The summed E-state index contributed by atoms with van der Waals surface area (Å²) in [5.74, 6) is 0.716. The topological polar surface area (TPSA) is 49.6 Å². The molecule has 0 radical (unpaired) electrons. The maximum atomic E-state index is 9.22. The minimum atomic E-state index is 0.662. The molecule has 0 N–H and O–H groups in total. The van der Waals surface area contributed by atoms with E-state index >= 15 is 0 Å². The van der Waals surface area contributed by atoms with Gasteiger partial charge in [-0.1, -0.05) is 133 Å². The van der Waals surface area contributed by atoms with Crippen LogP contribution in [0.15, 0.2) is 146 Å². The molecule has 0 amide bonds. The van der Waals surface area contributed by atoms with Crippen molar-refractivity contribution >= 4 is 10.8 Å². The fraction of sp³-hybridized carbons (Fsp3) is 0.0250. The molecule has 0 saturated heterocycles. The lowest BCUT2D eigenvalue weighted by Gasteiger charge is -2.15. The molecular formula is C40H27N3. The smallest absolute Gasteiger partial charge is 0.160 e. The number of hydrogen-bond donors (Lipinski definition) is 0. The summed E-state index contributed by atoms with van der Waals surface area (Å²) in [5, 5.41) is 11.6. The summed E-state index contributed by atoms with van der Waals surface area (Å²) in [7, 11) is 0. The van der Waals surface area contributed by atoms with Gasteiger partial charge >= 0.3 is 0 Å². The highest BCUT2D eigenvalue weighted by Crippen LogP contribution is 2.37. The average Bonchev–Trinajstić information content (AvgIpc) is 3.09. The third kappa shape index (κ3) is 4.96. The highest BCUT2D eigenvalue weighted by atomic mass is 14.9. The van der Waals surface area contributed by atoms with Crippen molar-refractivity contribution in [1.82, 2.24) is 9.97 Å². The Balaban J connectivity index is 1.32. The molecule has 0 bridgehead atoms. The lowest BCUT2D eigenvalue weighted by atomic mass is 9.91. The Kier molecular flexibility index (Phi) is 6.79. The summed E-state index contributed by atoms with van der Waals surface area (Å²) < 4.78 is 0. The van der Waals surface area contributed by atoms with Gasteiger partial charge in [-0.25, -0.2) is 9.97 Å². The molecule has 7 aromatic rings. The van der Waals surface area contributed by atoms with Crippen molar-refractivity contribution in [3.05, 3.63) is 157 Å². The Hall–Kier alpha value is -5.85. The van der Waals surface area contributed by atoms with Crippen LogP contribution in [0.25, 0.3) is 66.9 Å². The normalized spacial score (nSPS) is 10.9. The van der Waals surface area contributed by atoms with Crippen LogP contribution < -0.4 is 0 Å². The molecule has 0 saturated carbocycles. The maximum Gasteiger partial charge on any atom is 0.160 e. The van der Waals surface area contributed by atoms with Crippen molar-refractivity contribution in [2.24, 2.45) is 0 Å². The lowest BCUT2D eigenvalue weighted by molar-refractivity contribution is 1.15. The van der Waals surface area contributed by atoms with Crippen LogP contribution in [0.5, 0.6) is 0 Å². The average molecular weight is 550 g/mol. The first-order valence-corrected chi connectivity index (χ1v) is 14.3. The monoisotopic (exact) mass is 549 g/mol. The van der Waals surface area contributed by atoms with Crippen LogP contribution in [0.4, 0.5) is 0 Å². The van der Waals surface area contributed by atoms with Crippen LogP contribution in [0.3, 0.4) is 0 Å². The highest BCUT2D eigenvalue weighted by molar-refractivity contribution is 6.05. The van der Waals surface area contributed by atoms with E-state index in [0.717, 1.165) is 50.3 Å². The molecule has 3 heteroatoms. The summed E-state index contributed by atoms with van der Waals surface area (Å²) in [4.78, 5) is 10.1. The number of rotatable bonds is 5. The Morgan fingerprint density at radius 3 is 1.37 bits per heavy atom. The molecule has 0 fully saturated rings. The van der Waals surface area contributed by atoms with Crippen molar-refractivity contribution in [3.8, 4) is 62.2 Å². The van der Waals surface area contributed by atoms with E-state index < -0.39 is 0 Å². The zero-order valence-corrected chi connectivity index (χ0v) is 23.7. The molecule has 0 aliphatic carbocycles. The van der Waals surface area contributed by atoms with Crippen LogP contribution in [-0.2, 0) is 0 Å². The van der Waals surface area contributed by atoms with E-state index in [-0.39, 0.29) is 0 Å². The number of aromatic nitrogens is 2. The molecule has 0 aliphatic heterocycles. The van der Waals surface area contributed by atoms with Crippen molar-refractivity contribution in [2.45, 2.75) is 6.92 Å². The van der Waals surface area contributed by atoms with E-state index in [1.807, 2.05) is 60.7 Å². The first kappa shape index (κ1) is 26.1. The first-order valence-electron chi connectivity index (χ1n) is 14.3. The summed E-state index contributed by atoms with van der Waals surface area (Å²) in [6, 6.07) is 52.1. The van der Waals surface area contributed by atoms with Gasteiger partial charge in [0.15, 0.2) is 5.82 Å². The molecule has 1 heterocycles. The summed E-state index contributed by atoms with van der Waals surface area (Å²) in [6.07, 6.45) is 0. The van der Waals surface area contributed by atoms with Gasteiger partial charge in [-0.15, -0.1) is 0 Å². The molecule has 0 unspecified atom stereocenters. The minimum Gasteiger partial charge on any atom is -0.228 e. The van der Waals surface area contributed by atoms with E-state index in [2.05, 4.69) is 97.9 Å². The summed E-state index contributed by atoms with van der Waals surface area (Å²) >= 11 is 0. The van der Waals surface area contributed by atoms with Crippen LogP contribution >= 0.6 is 0 Å². The SMILES string of the molecule is Cc1c(-c2ccccc2)nc(-c2ccccc2)nc1-c1ccc(-c2ccc(-c3ccc(C#N)cc3)c3ccccc23)cc1. The molecule has 6 aromatic carbocycles. The number of fused-ring (bicyclic) bond motifs is 1. The zero-order chi connectivity index (χ0) is 29.2. The Bertz CT molecular complexity index is 2110. The molecule has 0 aliphatic rings. The number of hydrogen-bond acceptors (Lipinski definition) is 3. The predicted molar refractivity (Wildman–Crippen MR) is 176 cm³/mol. The van der Waals surface area contributed by atoms with Gasteiger partial charge < -0.3 is 0 Å². The van der Waals surface area contributed by atoms with Gasteiger partial charge in [-0.3, -0.25) is 0 Å². The zero-order valence-electron chi connectivity index (χ0n) is 23.7. The largest absolute Gasteiger partial charge is 0.228 e. The van der Waals surface area contributed by atoms with Crippen LogP contribution in [0, 0.1) is 18.3 Å². The molecule has 3 nitrogen and oxygen atoms in total. The molecule has 43 heavy (non-hydrogen) atoms. The lowest BCUT2D eigenvalue weighted by Crippen LogP contribution is -2.00. The van der Waals surface area contributed by atoms with Crippen LogP contribution in [0.1, 0.15) is 11.1 Å². The molecule has 1 aromatic heterocycles. The quantitative estimate of drug-likeness (QED) is 0.215. The van der Waals surface area contributed by atoms with E-state index in [1.165, 1.54) is 16.3 Å². The van der Waals surface area contributed by atoms with E-state index in [1.54, 1.807) is 0 Å². The van der Waals surface area contributed by atoms with E-state index in [9.17, 15) is 5.26 Å². The van der Waals surface area contributed by atoms with Crippen molar-refractivity contribution in [2.75, 3.05) is 0 Å². The molecule has 7 rings (SSSR count). The fourth-order valence-electron chi connectivity index (χ4n) is 5.73. The highest BCUT2D eigenvalue weighted by Gasteiger charge is 2.16. The Labute approximate surface area is 251 Å². The Morgan fingerprint density at radius 1 is 0.442 bits per heavy atom. The van der Waals surface area contributed by atoms with Gasteiger partial charge in [-0.2, -0.15) is 5.26 Å². The second kappa shape index (κ2) is 11.2. The number of nitriles is 1. The van der Waals surface area contributed by atoms with Crippen molar-refractivity contribution < 1.29 is 0 Å². The number of nitrogens with zero attached hydrogens (tertiary/aromatic N) is 3. The van der Waals surface area contributed by atoms with Gasteiger partial charge in [0.2, 0.25) is 0 Å². The summed E-state index contributed by atoms with van der Waals surface area (Å²) in [5.41, 5.74) is 11.3. The third-order valence-electron chi connectivity index (χ3n) is 7.94. The van der Waals surface area contributed by atoms with Gasteiger partial charge in [0.05, 0.1) is 23.0 Å². The van der Waals surface area contributed by atoms with Gasteiger partial charge in [-0.05, 0) is 52.1 Å². The molecule has 202 valence electrons. The second-order valence-corrected chi connectivity index (χ2v) is 10.6. The van der Waals surface area contributed by atoms with Crippen LogP contribution in [-0.4, -0.2) is 9.97 Å². The van der Waals surface area contributed by atoms with E-state index in [4.69, 9.17) is 9.97 Å². The Morgan fingerprint density at radius 2 is 0.860 bits per heavy atom. The van der Waals surface area contributed by atoms with E-state index in [0.29, 0.717) is 11.4 Å². The third-order valence-corrected chi connectivity index (χ3v) is 7.94. The van der Waals surface area contributed by atoms with Gasteiger partial charge in [0, 0.05) is 22.3 Å². The first-order chi connectivity index (χ1) is 21.2. The molecule has 0 atom stereocenters. The molecular weight excluding hydrogens is 522 g/mol. The standard InChI is InChI=1S/C40H27N3/c1-27-38(31-10-4-2-5-11-31)42-40(33-12-6-3-7-13-33)43-39(27)32-22-20-30(21-23-32)35-25-24-34(36-14-8-9-15-37(35)36)29-18-16-28(26-41)17-19-29/h2-25H,1H3. The number of benzene rings is 6. The predicted octanol–water partition coefficient (Wildman–Crippen LogP) is 10.1. The van der Waals surface area contributed by atoms with Crippen molar-refractivity contribution in [3.63, 3.8) is 0 Å². The van der Waals surface area contributed by atoms with Crippen LogP contribution in [0.2, 0.25) is 0 Å². The fourth-order valence-corrected chi connectivity index (χ4v) is 5.73. The van der Waals surface area contributed by atoms with Crippen molar-refractivity contribution in [1.29, 1.82) is 5.26 Å². The van der Waals surface area contributed by atoms with Gasteiger partial charge in [0.1, 0.15) is 0 Å². The molecule has 0 spiro atoms. The summed E-state index contributed by atoms with van der Waals surface area (Å²) in [6.45, 7) is 2.11.